The molecule has 0 aliphatic carbocycles. The predicted octanol–water partition coefficient (Wildman–Crippen LogP) is 1.33. The van der Waals surface area contributed by atoms with E-state index in [1.165, 1.54) is 0 Å². The molecule has 0 spiro atoms. The summed E-state index contributed by atoms with van der Waals surface area (Å²) < 4.78 is 7.32. The van der Waals surface area contributed by atoms with E-state index >= 15 is 0 Å². The van der Waals surface area contributed by atoms with Crippen LogP contribution in [0.2, 0.25) is 0 Å². The van der Waals surface area contributed by atoms with Gasteiger partial charge < -0.3 is 15.0 Å². The Morgan fingerprint density at radius 1 is 1.57 bits per heavy atom. The maximum Gasteiger partial charge on any atom is 0.125 e. The number of nitrogens with zero attached hydrogens (tertiary/aromatic N) is 2. The number of ether oxygens (including phenoxy) is 1. The standard InChI is InChI=1S/C10H19N3O/c1-3-13-7-6-12-10(13)9(11)5-8-14-4-2/h6-7,9H,3-5,8,11H2,1-2H3. The van der Waals surface area contributed by atoms with Gasteiger partial charge in [0.25, 0.3) is 0 Å². The lowest BCUT2D eigenvalue weighted by Crippen LogP contribution is -2.18. The van der Waals surface area contributed by atoms with Gasteiger partial charge in [0.05, 0.1) is 6.04 Å². The van der Waals surface area contributed by atoms with Crippen molar-refractivity contribution in [2.75, 3.05) is 13.2 Å². The van der Waals surface area contributed by atoms with Gasteiger partial charge in [-0.25, -0.2) is 4.98 Å². The Morgan fingerprint density at radius 3 is 3.00 bits per heavy atom. The molecule has 0 aliphatic rings. The van der Waals surface area contributed by atoms with Crippen LogP contribution in [0, 0.1) is 0 Å². The Morgan fingerprint density at radius 2 is 2.36 bits per heavy atom. The molecule has 0 aromatic carbocycles. The molecule has 1 unspecified atom stereocenters. The molecule has 1 heterocycles. The van der Waals surface area contributed by atoms with E-state index in [0.717, 1.165) is 25.4 Å². The first-order chi connectivity index (χ1) is 6.79. The minimum atomic E-state index is -0.0171. The van der Waals surface area contributed by atoms with Crippen LogP contribution in [0.25, 0.3) is 0 Å². The van der Waals surface area contributed by atoms with Crippen LogP contribution < -0.4 is 5.73 Å². The third-order valence-electron chi connectivity index (χ3n) is 2.20. The molecule has 0 saturated carbocycles. The van der Waals surface area contributed by atoms with Crippen LogP contribution in [0.4, 0.5) is 0 Å². The van der Waals surface area contributed by atoms with Gasteiger partial charge in [0, 0.05) is 32.2 Å². The van der Waals surface area contributed by atoms with Gasteiger partial charge in [-0.1, -0.05) is 0 Å². The fourth-order valence-corrected chi connectivity index (χ4v) is 1.40. The minimum absolute atomic E-state index is 0.0171. The van der Waals surface area contributed by atoms with Crippen molar-refractivity contribution in [1.82, 2.24) is 9.55 Å². The lowest BCUT2D eigenvalue weighted by atomic mass is 10.2. The van der Waals surface area contributed by atoms with E-state index in [-0.39, 0.29) is 6.04 Å². The molecule has 14 heavy (non-hydrogen) atoms. The normalized spacial score (nSPS) is 13.1. The molecule has 4 nitrogen and oxygen atoms in total. The number of hydrogen-bond acceptors (Lipinski definition) is 3. The van der Waals surface area contributed by atoms with Crippen molar-refractivity contribution in [3.63, 3.8) is 0 Å². The highest BCUT2D eigenvalue weighted by atomic mass is 16.5. The van der Waals surface area contributed by atoms with Crippen molar-refractivity contribution in [2.24, 2.45) is 5.73 Å². The first kappa shape index (κ1) is 11.2. The van der Waals surface area contributed by atoms with Gasteiger partial charge in [-0.2, -0.15) is 0 Å². The highest BCUT2D eigenvalue weighted by Gasteiger charge is 2.10. The van der Waals surface area contributed by atoms with Crippen molar-refractivity contribution in [3.8, 4) is 0 Å². The van der Waals surface area contributed by atoms with E-state index in [1.807, 2.05) is 13.1 Å². The molecule has 0 aliphatic heterocycles. The van der Waals surface area contributed by atoms with E-state index in [9.17, 15) is 0 Å². The maximum absolute atomic E-state index is 5.99. The predicted molar refractivity (Wildman–Crippen MR) is 55.9 cm³/mol. The Hall–Kier alpha value is -0.870. The first-order valence-corrected chi connectivity index (χ1v) is 5.13. The molecule has 1 rings (SSSR count). The molecule has 1 aromatic heterocycles. The van der Waals surface area contributed by atoms with Crippen molar-refractivity contribution in [3.05, 3.63) is 18.2 Å². The Bertz CT molecular complexity index is 260. The van der Waals surface area contributed by atoms with E-state index < -0.39 is 0 Å². The summed E-state index contributed by atoms with van der Waals surface area (Å²) in [7, 11) is 0. The van der Waals surface area contributed by atoms with Gasteiger partial charge in [-0.05, 0) is 20.3 Å². The van der Waals surface area contributed by atoms with Crippen molar-refractivity contribution >= 4 is 0 Å². The van der Waals surface area contributed by atoms with Gasteiger partial charge in [-0.15, -0.1) is 0 Å². The summed E-state index contributed by atoms with van der Waals surface area (Å²) in [5, 5.41) is 0. The summed E-state index contributed by atoms with van der Waals surface area (Å²) in [6.45, 7) is 6.43. The molecule has 80 valence electrons. The quantitative estimate of drug-likeness (QED) is 0.700. The summed E-state index contributed by atoms with van der Waals surface area (Å²) in [6, 6.07) is -0.0171. The SMILES string of the molecule is CCOCCC(N)c1nccn1CC. The van der Waals surface area contributed by atoms with Gasteiger partial charge in [-0.3, -0.25) is 0 Å². The summed E-state index contributed by atoms with van der Waals surface area (Å²) in [5.41, 5.74) is 5.99. The fourth-order valence-electron chi connectivity index (χ4n) is 1.40. The lowest BCUT2D eigenvalue weighted by Gasteiger charge is -2.12. The van der Waals surface area contributed by atoms with Crippen molar-refractivity contribution < 1.29 is 4.74 Å². The number of aryl methyl sites for hydroxylation is 1. The van der Waals surface area contributed by atoms with Gasteiger partial charge in [0.1, 0.15) is 5.82 Å². The monoisotopic (exact) mass is 197 g/mol. The molecule has 1 atom stereocenters. The maximum atomic E-state index is 5.99. The summed E-state index contributed by atoms with van der Waals surface area (Å²) in [4.78, 5) is 4.25. The van der Waals surface area contributed by atoms with E-state index in [2.05, 4.69) is 16.5 Å². The van der Waals surface area contributed by atoms with Crippen LogP contribution >= 0.6 is 0 Å². The average molecular weight is 197 g/mol. The zero-order chi connectivity index (χ0) is 10.4. The number of hydrogen-bond donors (Lipinski definition) is 1. The first-order valence-electron chi connectivity index (χ1n) is 5.13. The highest BCUT2D eigenvalue weighted by molar-refractivity contribution is 4.98. The molecule has 4 heteroatoms. The third-order valence-corrected chi connectivity index (χ3v) is 2.20. The smallest absolute Gasteiger partial charge is 0.125 e. The van der Waals surface area contributed by atoms with E-state index in [4.69, 9.17) is 10.5 Å². The number of aromatic nitrogens is 2. The molecule has 0 radical (unpaired) electrons. The minimum Gasteiger partial charge on any atom is -0.382 e. The van der Waals surface area contributed by atoms with Crippen molar-refractivity contribution in [1.29, 1.82) is 0 Å². The second kappa shape index (κ2) is 5.78. The number of imidazole rings is 1. The zero-order valence-electron chi connectivity index (χ0n) is 8.94. The molecular weight excluding hydrogens is 178 g/mol. The van der Waals surface area contributed by atoms with E-state index in [0.29, 0.717) is 6.61 Å². The van der Waals surface area contributed by atoms with E-state index in [1.54, 1.807) is 6.20 Å². The second-order valence-corrected chi connectivity index (χ2v) is 3.16. The summed E-state index contributed by atoms with van der Waals surface area (Å²) >= 11 is 0. The summed E-state index contributed by atoms with van der Waals surface area (Å²) in [5.74, 6) is 0.951. The third kappa shape index (κ3) is 2.82. The number of nitrogens with two attached hydrogens (primary N) is 1. The molecular formula is C10H19N3O. The largest absolute Gasteiger partial charge is 0.382 e. The van der Waals surface area contributed by atoms with Gasteiger partial charge in [0.15, 0.2) is 0 Å². The molecule has 0 fully saturated rings. The number of rotatable bonds is 6. The molecule has 0 bridgehead atoms. The fraction of sp³-hybridized carbons (Fsp3) is 0.700. The molecule has 2 N–H and O–H groups in total. The zero-order valence-corrected chi connectivity index (χ0v) is 8.94. The second-order valence-electron chi connectivity index (χ2n) is 3.16. The Balaban J connectivity index is 2.47. The molecule has 0 amide bonds. The topological polar surface area (TPSA) is 53.1 Å². The van der Waals surface area contributed by atoms with Crippen LogP contribution in [0.1, 0.15) is 32.1 Å². The van der Waals surface area contributed by atoms with Gasteiger partial charge in [0.2, 0.25) is 0 Å². The van der Waals surface area contributed by atoms with Crippen molar-refractivity contribution in [2.45, 2.75) is 32.9 Å². The Kier molecular flexibility index (Phi) is 4.62. The van der Waals surface area contributed by atoms with Crippen LogP contribution in [-0.2, 0) is 11.3 Å². The summed E-state index contributed by atoms with van der Waals surface area (Å²) in [6.07, 6.45) is 4.57. The van der Waals surface area contributed by atoms with Crippen LogP contribution in [0.3, 0.4) is 0 Å². The Labute approximate surface area is 85.1 Å². The van der Waals surface area contributed by atoms with Gasteiger partial charge >= 0.3 is 0 Å². The van der Waals surface area contributed by atoms with Crippen LogP contribution in [0.5, 0.6) is 0 Å². The van der Waals surface area contributed by atoms with Crippen LogP contribution in [-0.4, -0.2) is 22.8 Å². The highest BCUT2D eigenvalue weighted by Crippen LogP contribution is 2.11. The van der Waals surface area contributed by atoms with Crippen LogP contribution in [0.15, 0.2) is 12.4 Å². The lowest BCUT2D eigenvalue weighted by molar-refractivity contribution is 0.139. The average Bonchev–Trinajstić information content (AvgIpc) is 2.65. The molecule has 1 aromatic rings. The molecule has 0 saturated heterocycles.